The summed E-state index contributed by atoms with van der Waals surface area (Å²) in [6.45, 7) is 4.81. The van der Waals surface area contributed by atoms with Crippen LogP contribution in [-0.4, -0.2) is 65.6 Å². The Balaban J connectivity index is 1.25. The van der Waals surface area contributed by atoms with E-state index in [0.717, 1.165) is 39.5 Å². The number of esters is 1. The van der Waals surface area contributed by atoms with E-state index in [4.69, 9.17) is 28.8 Å². The second kappa shape index (κ2) is 12.4. The molecule has 1 N–H and O–H groups in total. The van der Waals surface area contributed by atoms with Crippen LogP contribution in [0.3, 0.4) is 0 Å². The number of aromatic nitrogens is 4. The summed E-state index contributed by atoms with van der Waals surface area (Å²) in [5, 5.41) is 8.23. The van der Waals surface area contributed by atoms with Crippen LogP contribution < -0.4 is 19.7 Å². The molecule has 45 heavy (non-hydrogen) atoms. The van der Waals surface area contributed by atoms with Crippen LogP contribution in [0.25, 0.3) is 16.9 Å². The van der Waals surface area contributed by atoms with Crippen molar-refractivity contribution >= 4 is 28.8 Å². The van der Waals surface area contributed by atoms with Crippen molar-refractivity contribution in [2.45, 2.75) is 19.8 Å². The smallest absolute Gasteiger partial charge is 0.358 e. The van der Waals surface area contributed by atoms with E-state index in [1.165, 1.54) is 10.7 Å². The number of pyridine rings is 1. The first-order valence-electron chi connectivity index (χ1n) is 14.8. The van der Waals surface area contributed by atoms with Crippen molar-refractivity contribution in [1.29, 1.82) is 0 Å². The predicted molar refractivity (Wildman–Crippen MR) is 166 cm³/mol. The first kappa shape index (κ1) is 28.6. The molecule has 230 valence electrons. The number of carbonyl (C=O) groups excluding carboxylic acids is 1. The molecule has 0 amide bonds. The molecule has 3 aromatic heterocycles. The summed E-state index contributed by atoms with van der Waals surface area (Å²) in [4.78, 5) is 24.3. The fourth-order valence-electron chi connectivity index (χ4n) is 5.45. The molecule has 1 fully saturated rings. The number of nitrogens with one attached hydrogen (secondary N) is 1. The van der Waals surface area contributed by atoms with Gasteiger partial charge in [-0.3, -0.25) is 4.98 Å². The lowest BCUT2D eigenvalue weighted by molar-refractivity contribution is -0.0443. The Labute approximate surface area is 259 Å². The van der Waals surface area contributed by atoms with Crippen molar-refractivity contribution in [2.75, 3.05) is 50.3 Å². The van der Waals surface area contributed by atoms with Gasteiger partial charge >= 0.3 is 5.97 Å². The monoisotopic (exact) mass is 608 g/mol. The Hall–Kier alpha value is -5.20. The lowest BCUT2D eigenvalue weighted by atomic mass is 10.1. The molecule has 0 atom stereocenters. The van der Waals surface area contributed by atoms with Gasteiger partial charge in [0.05, 0.1) is 45.4 Å². The molecule has 1 saturated heterocycles. The largest absolute Gasteiger partial charge is 0.497 e. The zero-order valence-electron chi connectivity index (χ0n) is 24.9. The minimum absolute atomic E-state index is 0.223. The molecule has 5 aromatic rings. The van der Waals surface area contributed by atoms with Gasteiger partial charge in [0.25, 0.3) is 0 Å². The summed E-state index contributed by atoms with van der Waals surface area (Å²) in [7, 11) is 1.65. The Morgan fingerprint density at radius 2 is 1.87 bits per heavy atom. The van der Waals surface area contributed by atoms with Crippen LogP contribution in [-0.2, 0) is 20.8 Å². The zero-order chi connectivity index (χ0) is 30.8. The minimum atomic E-state index is -0.508. The number of imidazole rings is 1. The van der Waals surface area contributed by atoms with E-state index < -0.39 is 5.97 Å². The average molecular weight is 609 g/mol. The van der Waals surface area contributed by atoms with Crippen LogP contribution >= 0.6 is 0 Å². The molecule has 7 rings (SSSR count). The SMILES string of the molecule is CCOC(=O)c1cnc2c3c(c(Nc4cccc(-c5ccc(C6OCCO6)cn5)c4)nn12)OCCN3Cc1ccc(OC)cc1. The van der Waals surface area contributed by atoms with Crippen molar-refractivity contribution in [2.24, 2.45) is 0 Å². The second-order valence-electron chi connectivity index (χ2n) is 10.5. The van der Waals surface area contributed by atoms with Gasteiger partial charge in [-0.15, -0.1) is 5.10 Å². The standard InChI is InChI=1S/C33H32N6O6/c1-3-42-32(40)27-19-35-31-28-29(43-14-13-38(28)20-21-7-10-25(41-2)11-8-21)30(37-39(27)31)36-24-6-4-5-22(17-24)26-12-9-23(18-34-26)33-44-15-16-45-33/h4-12,17-19,33H,3,13-16,20H2,1-2H3,(H,36,37). The molecular weight excluding hydrogens is 576 g/mol. The third-order valence-corrected chi connectivity index (χ3v) is 7.62. The van der Waals surface area contributed by atoms with Gasteiger partial charge in [-0.1, -0.05) is 30.3 Å². The molecule has 12 heteroatoms. The molecule has 5 heterocycles. The topological polar surface area (TPSA) is 122 Å². The normalized spacial score (nSPS) is 14.7. The predicted octanol–water partition coefficient (Wildman–Crippen LogP) is 5.16. The van der Waals surface area contributed by atoms with Gasteiger partial charge in [0.2, 0.25) is 0 Å². The van der Waals surface area contributed by atoms with E-state index in [-0.39, 0.29) is 18.6 Å². The summed E-state index contributed by atoms with van der Waals surface area (Å²) >= 11 is 0. The molecule has 0 saturated carbocycles. The zero-order valence-corrected chi connectivity index (χ0v) is 24.9. The third-order valence-electron chi connectivity index (χ3n) is 7.62. The highest BCUT2D eigenvalue weighted by Gasteiger charge is 2.30. The quantitative estimate of drug-likeness (QED) is 0.223. The average Bonchev–Trinajstić information content (AvgIpc) is 3.77. The number of methoxy groups -OCH3 is 1. The van der Waals surface area contributed by atoms with E-state index in [2.05, 4.69) is 20.2 Å². The van der Waals surface area contributed by atoms with Crippen molar-refractivity contribution in [3.63, 3.8) is 0 Å². The molecule has 2 aliphatic rings. The molecule has 12 nitrogen and oxygen atoms in total. The maximum Gasteiger partial charge on any atom is 0.358 e. The van der Waals surface area contributed by atoms with Crippen molar-refractivity contribution in [3.05, 3.63) is 89.9 Å². The Kier molecular flexibility index (Phi) is 7.89. The van der Waals surface area contributed by atoms with Gasteiger partial charge in [-0.25, -0.2) is 14.3 Å². The van der Waals surface area contributed by atoms with Gasteiger partial charge in [-0.05, 0) is 42.8 Å². The lowest BCUT2D eigenvalue weighted by Crippen LogP contribution is -2.33. The van der Waals surface area contributed by atoms with E-state index in [0.29, 0.717) is 50.1 Å². The number of carbonyl (C=O) groups is 1. The highest BCUT2D eigenvalue weighted by atomic mass is 16.7. The molecule has 2 aliphatic heterocycles. The Bertz CT molecular complexity index is 1820. The fourth-order valence-corrected chi connectivity index (χ4v) is 5.45. The number of ether oxygens (including phenoxy) is 5. The van der Waals surface area contributed by atoms with Crippen LogP contribution in [0.1, 0.15) is 34.8 Å². The highest BCUT2D eigenvalue weighted by Crippen LogP contribution is 2.42. The van der Waals surface area contributed by atoms with E-state index in [9.17, 15) is 4.79 Å². The molecule has 0 spiro atoms. The molecule has 0 radical (unpaired) electrons. The van der Waals surface area contributed by atoms with E-state index in [1.54, 1.807) is 20.2 Å². The number of nitrogens with zero attached hydrogens (tertiary/aromatic N) is 5. The number of hydrogen-bond donors (Lipinski definition) is 1. The molecular formula is C33H32N6O6. The number of rotatable bonds is 9. The minimum Gasteiger partial charge on any atom is -0.497 e. The van der Waals surface area contributed by atoms with Crippen LogP contribution in [0.5, 0.6) is 11.5 Å². The highest BCUT2D eigenvalue weighted by molar-refractivity contribution is 5.91. The summed E-state index contributed by atoms with van der Waals surface area (Å²) in [5.41, 5.74) is 5.89. The van der Waals surface area contributed by atoms with Crippen molar-refractivity contribution < 1.29 is 28.5 Å². The van der Waals surface area contributed by atoms with Gasteiger partial charge in [0.15, 0.2) is 29.2 Å². The lowest BCUT2D eigenvalue weighted by Gasteiger charge is -2.32. The number of benzene rings is 2. The summed E-state index contributed by atoms with van der Waals surface area (Å²) in [5.74, 6) is 1.27. The maximum atomic E-state index is 12.9. The molecule has 2 aromatic carbocycles. The van der Waals surface area contributed by atoms with Gasteiger partial charge in [-0.2, -0.15) is 0 Å². The van der Waals surface area contributed by atoms with Crippen LogP contribution in [0, 0.1) is 0 Å². The number of fused-ring (bicyclic) bond motifs is 3. The summed E-state index contributed by atoms with van der Waals surface area (Å²) in [6.07, 6.45) is 2.89. The van der Waals surface area contributed by atoms with Gasteiger partial charge in [0.1, 0.15) is 18.0 Å². The van der Waals surface area contributed by atoms with Gasteiger partial charge < -0.3 is 33.9 Å². The summed E-state index contributed by atoms with van der Waals surface area (Å²) < 4.78 is 29.6. The molecule has 0 aliphatic carbocycles. The summed E-state index contributed by atoms with van der Waals surface area (Å²) in [6, 6.07) is 19.7. The third kappa shape index (κ3) is 5.73. The van der Waals surface area contributed by atoms with Crippen LogP contribution in [0.2, 0.25) is 0 Å². The maximum absolute atomic E-state index is 12.9. The van der Waals surface area contributed by atoms with Crippen molar-refractivity contribution in [3.8, 4) is 22.8 Å². The fraction of sp³-hybridized carbons (Fsp3) is 0.273. The Morgan fingerprint density at radius 3 is 2.62 bits per heavy atom. The van der Waals surface area contributed by atoms with Gasteiger partial charge in [0, 0.05) is 29.6 Å². The van der Waals surface area contributed by atoms with Crippen LogP contribution in [0.4, 0.5) is 17.2 Å². The van der Waals surface area contributed by atoms with Crippen LogP contribution in [0.15, 0.2) is 73.1 Å². The van der Waals surface area contributed by atoms with E-state index in [1.807, 2.05) is 60.7 Å². The Morgan fingerprint density at radius 1 is 1.02 bits per heavy atom. The molecule has 0 unspecified atom stereocenters. The van der Waals surface area contributed by atoms with E-state index >= 15 is 0 Å². The second-order valence-corrected chi connectivity index (χ2v) is 10.5. The first-order valence-corrected chi connectivity index (χ1v) is 14.8. The molecule has 0 bridgehead atoms. The van der Waals surface area contributed by atoms with Crippen molar-refractivity contribution in [1.82, 2.24) is 19.6 Å². The number of anilines is 3. The first-order chi connectivity index (χ1) is 22.1. The number of hydrogen-bond acceptors (Lipinski definition) is 11.